The first-order chi connectivity index (χ1) is 14.3. The van der Waals surface area contributed by atoms with Crippen LogP contribution in [0, 0.1) is 5.92 Å². The van der Waals surface area contributed by atoms with Crippen LogP contribution in [0.5, 0.6) is 0 Å². The molecule has 0 bridgehead atoms. The van der Waals surface area contributed by atoms with Crippen molar-refractivity contribution in [3.8, 4) is 0 Å². The molecule has 1 saturated carbocycles. The van der Waals surface area contributed by atoms with Gasteiger partial charge in [0, 0.05) is 44.8 Å². The van der Waals surface area contributed by atoms with Gasteiger partial charge in [0.05, 0.1) is 17.8 Å². The lowest BCUT2D eigenvalue weighted by molar-refractivity contribution is -0.0185. The van der Waals surface area contributed by atoms with Crippen LogP contribution in [0.2, 0.25) is 0 Å². The van der Waals surface area contributed by atoms with E-state index >= 15 is 0 Å². The SMILES string of the molecule is C=N/N=C(/CC1CC1(F)F)N1C=CC(N2CCC(O)(c3ccccc3)CC2)=C(F)C1. The third-order valence-electron chi connectivity index (χ3n) is 6.14. The fraction of sp³-hybridized carbons (Fsp3) is 0.455. The Morgan fingerprint density at radius 1 is 1.20 bits per heavy atom. The highest BCUT2D eigenvalue weighted by atomic mass is 19.3. The summed E-state index contributed by atoms with van der Waals surface area (Å²) < 4.78 is 41.5. The van der Waals surface area contributed by atoms with Crippen LogP contribution in [0.4, 0.5) is 13.2 Å². The monoisotopic (exact) mass is 418 g/mol. The minimum atomic E-state index is -2.68. The largest absolute Gasteiger partial charge is 0.385 e. The molecule has 1 saturated heterocycles. The van der Waals surface area contributed by atoms with Crippen molar-refractivity contribution in [2.45, 2.75) is 37.2 Å². The van der Waals surface area contributed by atoms with Gasteiger partial charge in [-0.3, -0.25) is 0 Å². The van der Waals surface area contributed by atoms with Crippen LogP contribution in [0.25, 0.3) is 0 Å². The van der Waals surface area contributed by atoms with Crippen molar-refractivity contribution >= 4 is 12.6 Å². The zero-order chi connectivity index (χ0) is 21.4. The molecule has 1 atom stereocenters. The number of halogens is 3. The lowest BCUT2D eigenvalue weighted by Gasteiger charge is -2.41. The van der Waals surface area contributed by atoms with Crippen LogP contribution in [-0.2, 0) is 5.60 Å². The number of allylic oxidation sites excluding steroid dienone is 1. The molecule has 4 rings (SSSR count). The molecule has 3 aliphatic rings. The van der Waals surface area contributed by atoms with Gasteiger partial charge < -0.3 is 14.9 Å². The quantitative estimate of drug-likeness (QED) is 0.446. The average molecular weight is 418 g/mol. The smallest absolute Gasteiger partial charge is 0.252 e. The molecule has 1 aromatic rings. The zero-order valence-corrected chi connectivity index (χ0v) is 16.6. The van der Waals surface area contributed by atoms with E-state index in [-0.39, 0.29) is 31.0 Å². The highest BCUT2D eigenvalue weighted by Crippen LogP contribution is 2.51. The minimum Gasteiger partial charge on any atom is -0.385 e. The summed E-state index contributed by atoms with van der Waals surface area (Å²) in [6, 6.07) is 9.52. The number of amidine groups is 1. The third kappa shape index (κ3) is 4.14. The van der Waals surface area contributed by atoms with Gasteiger partial charge in [-0.1, -0.05) is 30.3 Å². The molecule has 2 fully saturated rings. The first-order valence-corrected chi connectivity index (χ1v) is 10.1. The Hall–Kier alpha value is -2.61. The van der Waals surface area contributed by atoms with Gasteiger partial charge >= 0.3 is 0 Å². The Morgan fingerprint density at radius 3 is 2.43 bits per heavy atom. The second-order valence-corrected chi connectivity index (χ2v) is 8.14. The third-order valence-corrected chi connectivity index (χ3v) is 6.14. The molecule has 2 heterocycles. The lowest BCUT2D eigenvalue weighted by atomic mass is 9.84. The zero-order valence-electron chi connectivity index (χ0n) is 16.6. The van der Waals surface area contributed by atoms with Gasteiger partial charge in [0.1, 0.15) is 11.7 Å². The maximum absolute atomic E-state index is 14.9. The molecule has 8 heteroatoms. The fourth-order valence-corrected chi connectivity index (χ4v) is 4.15. The van der Waals surface area contributed by atoms with Gasteiger partial charge in [-0.2, -0.15) is 5.10 Å². The normalized spacial score (nSPS) is 25.5. The van der Waals surface area contributed by atoms with Crippen molar-refractivity contribution in [1.29, 1.82) is 0 Å². The molecule has 1 aliphatic carbocycles. The predicted octanol–water partition coefficient (Wildman–Crippen LogP) is 4.04. The second-order valence-electron chi connectivity index (χ2n) is 8.14. The number of rotatable bonds is 5. The Kier molecular flexibility index (Phi) is 5.44. The molecule has 1 unspecified atom stereocenters. The summed E-state index contributed by atoms with van der Waals surface area (Å²) in [6.07, 6.45) is 4.13. The van der Waals surface area contributed by atoms with Gasteiger partial charge in [-0.05, 0) is 24.5 Å². The summed E-state index contributed by atoms with van der Waals surface area (Å²) in [5.41, 5.74) is 0.424. The van der Waals surface area contributed by atoms with Gasteiger partial charge in [0.2, 0.25) is 0 Å². The number of benzene rings is 1. The van der Waals surface area contributed by atoms with Crippen molar-refractivity contribution in [2.75, 3.05) is 19.6 Å². The van der Waals surface area contributed by atoms with Crippen molar-refractivity contribution < 1.29 is 18.3 Å². The summed E-state index contributed by atoms with van der Waals surface area (Å²) in [6.45, 7) is 4.24. The molecule has 160 valence electrons. The number of alkyl halides is 2. The molecule has 5 nitrogen and oxygen atoms in total. The van der Waals surface area contributed by atoms with E-state index in [2.05, 4.69) is 16.9 Å². The van der Waals surface area contributed by atoms with Crippen molar-refractivity contribution in [3.05, 3.63) is 59.7 Å². The van der Waals surface area contributed by atoms with Crippen LogP contribution in [0.15, 0.2) is 64.3 Å². The Labute approximate surface area is 173 Å². The Balaban J connectivity index is 1.40. The van der Waals surface area contributed by atoms with E-state index < -0.39 is 17.4 Å². The van der Waals surface area contributed by atoms with Crippen molar-refractivity contribution in [3.63, 3.8) is 0 Å². The number of nitrogens with zero attached hydrogens (tertiary/aromatic N) is 4. The van der Waals surface area contributed by atoms with Gasteiger partial charge in [-0.15, -0.1) is 5.10 Å². The minimum absolute atomic E-state index is 0.0345. The first kappa shape index (κ1) is 20.7. The lowest BCUT2D eigenvalue weighted by Crippen LogP contribution is -2.43. The topological polar surface area (TPSA) is 51.4 Å². The summed E-state index contributed by atoms with van der Waals surface area (Å²) >= 11 is 0. The molecule has 0 aromatic heterocycles. The standard InChI is InChI=1S/C22H25F3N4O/c1-26-27-20(13-17-14-22(17,24)25)29-10-7-19(18(23)15-29)28-11-8-21(30,9-12-28)16-5-3-2-4-6-16/h2-7,10,17,30H,1,8-9,11-15H2/b27-20-. The fourth-order valence-electron chi connectivity index (χ4n) is 4.15. The van der Waals surface area contributed by atoms with E-state index in [1.165, 1.54) is 4.90 Å². The first-order valence-electron chi connectivity index (χ1n) is 10.1. The summed E-state index contributed by atoms with van der Waals surface area (Å²) in [5, 5.41) is 18.3. The Morgan fingerprint density at radius 2 is 1.87 bits per heavy atom. The van der Waals surface area contributed by atoms with Crippen LogP contribution in [0.1, 0.15) is 31.2 Å². The van der Waals surface area contributed by atoms with Crippen LogP contribution < -0.4 is 0 Å². The molecular formula is C22H25F3N4O. The van der Waals surface area contributed by atoms with Crippen molar-refractivity contribution in [1.82, 2.24) is 9.80 Å². The average Bonchev–Trinajstić information content (AvgIpc) is 3.35. The van der Waals surface area contributed by atoms with Gasteiger partial charge in [0.15, 0.2) is 0 Å². The molecule has 30 heavy (non-hydrogen) atoms. The molecule has 1 aromatic carbocycles. The Bertz CT molecular complexity index is 889. The van der Waals surface area contributed by atoms with E-state index in [1.807, 2.05) is 35.2 Å². The summed E-state index contributed by atoms with van der Waals surface area (Å²) in [5.74, 6) is -3.53. The summed E-state index contributed by atoms with van der Waals surface area (Å²) in [4.78, 5) is 3.42. The van der Waals surface area contributed by atoms with E-state index in [0.29, 0.717) is 31.6 Å². The highest BCUT2D eigenvalue weighted by Gasteiger charge is 2.57. The maximum Gasteiger partial charge on any atom is 0.252 e. The maximum atomic E-state index is 14.9. The predicted molar refractivity (Wildman–Crippen MR) is 110 cm³/mol. The van der Waals surface area contributed by atoms with E-state index in [1.54, 1.807) is 12.3 Å². The van der Waals surface area contributed by atoms with E-state index in [9.17, 15) is 18.3 Å². The number of aliphatic hydroxyl groups is 1. The molecule has 2 aliphatic heterocycles. The second kappa shape index (κ2) is 7.91. The molecule has 1 N–H and O–H groups in total. The van der Waals surface area contributed by atoms with E-state index in [4.69, 9.17) is 0 Å². The molecule has 0 amide bonds. The van der Waals surface area contributed by atoms with Crippen molar-refractivity contribution in [2.24, 2.45) is 16.1 Å². The molecule has 0 spiro atoms. The van der Waals surface area contributed by atoms with E-state index in [0.717, 1.165) is 5.56 Å². The highest BCUT2D eigenvalue weighted by molar-refractivity contribution is 5.84. The van der Waals surface area contributed by atoms with Gasteiger partial charge in [-0.25, -0.2) is 13.2 Å². The summed E-state index contributed by atoms with van der Waals surface area (Å²) in [7, 11) is 0. The van der Waals surface area contributed by atoms with Crippen LogP contribution in [0.3, 0.4) is 0 Å². The number of hydrogen-bond acceptors (Lipinski definition) is 4. The van der Waals surface area contributed by atoms with Gasteiger partial charge in [0.25, 0.3) is 5.92 Å². The molecular weight excluding hydrogens is 393 g/mol. The number of hydrogen-bond donors (Lipinski definition) is 1. The number of likely N-dealkylation sites (tertiary alicyclic amines) is 1. The number of piperidine rings is 1. The molecule has 0 radical (unpaired) electrons. The van der Waals surface area contributed by atoms with Crippen LogP contribution in [-0.4, -0.2) is 53.0 Å². The van der Waals surface area contributed by atoms with Crippen LogP contribution >= 0.6 is 0 Å².